The minimum atomic E-state index is -2.82. The van der Waals surface area contributed by atoms with Crippen molar-refractivity contribution in [2.45, 2.75) is 39.0 Å². The van der Waals surface area contributed by atoms with Crippen molar-refractivity contribution < 1.29 is 13.5 Å². The number of alkyl halides is 2. The van der Waals surface area contributed by atoms with E-state index >= 15 is 0 Å². The van der Waals surface area contributed by atoms with Crippen LogP contribution in [0.2, 0.25) is 5.02 Å². The Morgan fingerprint density at radius 1 is 1.48 bits per heavy atom. The molecule has 118 valence electrons. The first kappa shape index (κ1) is 16.5. The van der Waals surface area contributed by atoms with Crippen molar-refractivity contribution in [3.8, 4) is 5.75 Å². The van der Waals surface area contributed by atoms with E-state index < -0.39 is 6.61 Å². The third-order valence-corrected chi connectivity index (χ3v) is 4.07. The summed E-state index contributed by atoms with van der Waals surface area (Å²) in [5, 5.41) is 3.84. The van der Waals surface area contributed by atoms with Crippen LogP contribution >= 0.6 is 11.6 Å². The Hall–Kier alpha value is -0.910. The molecule has 1 heterocycles. The third-order valence-electron chi connectivity index (χ3n) is 3.84. The molecule has 0 saturated carbocycles. The minimum absolute atomic E-state index is 0.181. The van der Waals surface area contributed by atoms with Gasteiger partial charge in [-0.3, -0.25) is 4.90 Å². The number of benzene rings is 1. The fraction of sp³-hybridized carbons (Fsp3) is 0.600. The van der Waals surface area contributed by atoms with Gasteiger partial charge in [0.2, 0.25) is 0 Å². The summed E-state index contributed by atoms with van der Waals surface area (Å²) in [6.07, 6.45) is 2.40. The van der Waals surface area contributed by atoms with Crippen LogP contribution in [0.3, 0.4) is 0 Å². The molecule has 0 spiro atoms. The van der Waals surface area contributed by atoms with Crippen molar-refractivity contribution in [1.82, 2.24) is 10.2 Å². The van der Waals surface area contributed by atoms with Gasteiger partial charge in [-0.2, -0.15) is 8.78 Å². The topological polar surface area (TPSA) is 24.5 Å². The van der Waals surface area contributed by atoms with Crippen molar-refractivity contribution in [1.29, 1.82) is 0 Å². The van der Waals surface area contributed by atoms with Crippen LogP contribution in [0, 0.1) is 0 Å². The Labute approximate surface area is 129 Å². The number of likely N-dealkylation sites (tertiary alicyclic amines) is 1. The molecule has 0 aliphatic carbocycles. The average Bonchev–Trinajstić information content (AvgIpc) is 2.89. The molecule has 2 rings (SSSR count). The molecule has 1 aliphatic heterocycles. The molecule has 3 nitrogen and oxygen atoms in total. The van der Waals surface area contributed by atoms with E-state index in [1.54, 1.807) is 12.1 Å². The van der Waals surface area contributed by atoms with Crippen molar-refractivity contribution in [3.05, 3.63) is 28.8 Å². The van der Waals surface area contributed by atoms with Crippen LogP contribution in [0.25, 0.3) is 0 Å². The van der Waals surface area contributed by atoms with Gasteiger partial charge in [-0.25, -0.2) is 0 Å². The van der Waals surface area contributed by atoms with Gasteiger partial charge in [-0.05, 0) is 44.1 Å². The molecule has 0 bridgehead atoms. The predicted molar refractivity (Wildman–Crippen MR) is 80.1 cm³/mol. The summed E-state index contributed by atoms with van der Waals surface area (Å²) in [7, 11) is 0. The Morgan fingerprint density at radius 2 is 2.29 bits per heavy atom. The first-order chi connectivity index (χ1) is 10.1. The van der Waals surface area contributed by atoms with E-state index in [0.717, 1.165) is 19.6 Å². The SMILES string of the molecule is CCN1CCCC1CNCc1cc(Cl)ccc1OC(F)F. The second-order valence-corrected chi connectivity index (χ2v) is 5.62. The van der Waals surface area contributed by atoms with Gasteiger partial charge in [0.25, 0.3) is 0 Å². The van der Waals surface area contributed by atoms with Crippen LogP contribution in [0.5, 0.6) is 5.75 Å². The lowest BCUT2D eigenvalue weighted by Gasteiger charge is -2.23. The molecule has 1 saturated heterocycles. The van der Waals surface area contributed by atoms with Crippen LogP contribution in [0.4, 0.5) is 8.78 Å². The molecular formula is C15H21ClF2N2O. The summed E-state index contributed by atoms with van der Waals surface area (Å²) >= 11 is 5.93. The molecule has 21 heavy (non-hydrogen) atoms. The van der Waals surface area contributed by atoms with Crippen LogP contribution in [0.1, 0.15) is 25.3 Å². The first-order valence-corrected chi connectivity index (χ1v) is 7.66. The number of hydrogen-bond acceptors (Lipinski definition) is 3. The lowest BCUT2D eigenvalue weighted by Crippen LogP contribution is -2.37. The molecule has 1 aliphatic rings. The summed E-state index contributed by atoms with van der Waals surface area (Å²) in [5.74, 6) is 0.181. The molecule has 1 N–H and O–H groups in total. The van der Waals surface area contributed by atoms with E-state index in [1.165, 1.54) is 18.9 Å². The van der Waals surface area contributed by atoms with Gasteiger partial charge in [0.1, 0.15) is 5.75 Å². The maximum Gasteiger partial charge on any atom is 0.387 e. The number of nitrogens with zero attached hydrogens (tertiary/aromatic N) is 1. The van der Waals surface area contributed by atoms with Crippen molar-refractivity contribution in [2.24, 2.45) is 0 Å². The van der Waals surface area contributed by atoms with E-state index in [4.69, 9.17) is 11.6 Å². The standard InChI is InChI=1S/C15H21ClF2N2O/c1-2-20-7-3-4-13(20)10-19-9-11-8-12(16)5-6-14(11)21-15(17)18/h5-6,8,13,15,19H,2-4,7,9-10H2,1H3. The Bertz CT molecular complexity index is 459. The number of nitrogens with one attached hydrogen (secondary N) is 1. The number of hydrogen-bond donors (Lipinski definition) is 1. The second-order valence-electron chi connectivity index (χ2n) is 5.19. The summed E-state index contributed by atoms with van der Waals surface area (Å²) in [4.78, 5) is 2.43. The minimum Gasteiger partial charge on any atom is -0.434 e. The highest BCUT2D eigenvalue weighted by atomic mass is 35.5. The highest BCUT2D eigenvalue weighted by molar-refractivity contribution is 6.30. The zero-order chi connectivity index (χ0) is 15.2. The molecule has 1 aromatic rings. The maximum atomic E-state index is 12.4. The fourth-order valence-corrected chi connectivity index (χ4v) is 3.01. The highest BCUT2D eigenvalue weighted by Gasteiger charge is 2.22. The van der Waals surface area contributed by atoms with Gasteiger partial charge in [0, 0.05) is 29.7 Å². The van der Waals surface area contributed by atoms with Crippen LogP contribution in [0.15, 0.2) is 18.2 Å². The van der Waals surface area contributed by atoms with Crippen molar-refractivity contribution in [2.75, 3.05) is 19.6 Å². The van der Waals surface area contributed by atoms with Crippen molar-refractivity contribution in [3.63, 3.8) is 0 Å². The molecular weight excluding hydrogens is 298 g/mol. The fourth-order valence-electron chi connectivity index (χ4n) is 2.81. The van der Waals surface area contributed by atoms with Crippen LogP contribution in [-0.2, 0) is 6.54 Å². The number of ether oxygens (including phenoxy) is 1. The third kappa shape index (κ3) is 4.80. The predicted octanol–water partition coefficient (Wildman–Crippen LogP) is 3.52. The molecule has 0 aromatic heterocycles. The molecule has 0 amide bonds. The van der Waals surface area contributed by atoms with E-state index in [9.17, 15) is 8.78 Å². The Kier molecular flexibility index (Phi) is 6.21. The van der Waals surface area contributed by atoms with E-state index in [1.807, 2.05) is 0 Å². The summed E-state index contributed by atoms with van der Waals surface area (Å²) in [6, 6.07) is 5.23. The van der Waals surface area contributed by atoms with E-state index in [2.05, 4.69) is 21.9 Å². The zero-order valence-electron chi connectivity index (χ0n) is 12.1. The lowest BCUT2D eigenvalue weighted by atomic mass is 10.2. The van der Waals surface area contributed by atoms with E-state index in [0.29, 0.717) is 23.2 Å². The van der Waals surface area contributed by atoms with Crippen LogP contribution < -0.4 is 10.1 Å². The molecule has 6 heteroatoms. The normalized spacial score (nSPS) is 19.4. The number of halogens is 3. The molecule has 0 radical (unpaired) electrons. The van der Waals surface area contributed by atoms with Crippen molar-refractivity contribution >= 4 is 11.6 Å². The van der Waals surface area contributed by atoms with Gasteiger partial charge in [0.05, 0.1) is 0 Å². The first-order valence-electron chi connectivity index (χ1n) is 7.28. The van der Waals surface area contributed by atoms with Gasteiger partial charge in [0.15, 0.2) is 0 Å². The molecule has 1 unspecified atom stereocenters. The monoisotopic (exact) mass is 318 g/mol. The zero-order valence-corrected chi connectivity index (χ0v) is 12.9. The molecule has 1 aromatic carbocycles. The summed E-state index contributed by atoms with van der Waals surface area (Å²) in [5.41, 5.74) is 0.656. The summed E-state index contributed by atoms with van der Waals surface area (Å²) < 4.78 is 29.3. The Morgan fingerprint density at radius 3 is 3.00 bits per heavy atom. The molecule has 1 fully saturated rings. The summed E-state index contributed by atoms with van der Waals surface area (Å²) in [6.45, 7) is 2.83. The average molecular weight is 319 g/mol. The van der Waals surface area contributed by atoms with Gasteiger partial charge < -0.3 is 10.1 Å². The number of rotatable bonds is 7. The largest absolute Gasteiger partial charge is 0.434 e. The number of likely N-dealkylation sites (N-methyl/N-ethyl adjacent to an activating group) is 1. The lowest BCUT2D eigenvalue weighted by molar-refractivity contribution is -0.0505. The van der Waals surface area contributed by atoms with Crippen LogP contribution in [-0.4, -0.2) is 37.2 Å². The van der Waals surface area contributed by atoms with Gasteiger partial charge in [-0.1, -0.05) is 18.5 Å². The molecule has 1 atom stereocenters. The smallest absolute Gasteiger partial charge is 0.387 e. The quantitative estimate of drug-likeness (QED) is 0.832. The highest BCUT2D eigenvalue weighted by Crippen LogP contribution is 2.24. The maximum absolute atomic E-state index is 12.4. The van der Waals surface area contributed by atoms with E-state index in [-0.39, 0.29) is 5.75 Å². The Balaban J connectivity index is 1.91. The van der Waals surface area contributed by atoms with Gasteiger partial charge in [-0.15, -0.1) is 0 Å². The second kappa shape index (κ2) is 7.92. The van der Waals surface area contributed by atoms with Gasteiger partial charge >= 0.3 is 6.61 Å².